The highest BCUT2D eigenvalue weighted by molar-refractivity contribution is 5.66. The summed E-state index contributed by atoms with van der Waals surface area (Å²) in [6, 6.07) is 9.85. The van der Waals surface area contributed by atoms with Gasteiger partial charge in [-0.15, -0.1) is 0 Å². The van der Waals surface area contributed by atoms with Crippen molar-refractivity contribution in [2.75, 3.05) is 0 Å². The maximum absolute atomic E-state index is 14.8. The van der Waals surface area contributed by atoms with Crippen LogP contribution in [-0.2, 0) is 12.8 Å². The highest BCUT2D eigenvalue weighted by Crippen LogP contribution is 2.32. The summed E-state index contributed by atoms with van der Waals surface area (Å²) in [7, 11) is 0. The second-order valence-electron chi connectivity index (χ2n) is 5.92. The molecule has 3 rings (SSSR count). The molecule has 0 nitrogen and oxygen atoms in total. The number of halogens is 2. The summed E-state index contributed by atoms with van der Waals surface area (Å²) in [5, 5.41) is 0. The van der Waals surface area contributed by atoms with Crippen molar-refractivity contribution in [3.05, 3.63) is 70.8 Å². The average molecular weight is 298 g/mol. The molecular formula is C20H20F2. The van der Waals surface area contributed by atoms with Crippen LogP contribution in [0.5, 0.6) is 0 Å². The summed E-state index contributed by atoms with van der Waals surface area (Å²) in [4.78, 5) is 0. The van der Waals surface area contributed by atoms with E-state index in [1.54, 1.807) is 12.1 Å². The first-order valence-electron chi connectivity index (χ1n) is 7.93. The third-order valence-corrected chi connectivity index (χ3v) is 4.36. The van der Waals surface area contributed by atoms with E-state index >= 15 is 0 Å². The Balaban J connectivity index is 1.90. The van der Waals surface area contributed by atoms with Gasteiger partial charge in [-0.3, -0.25) is 0 Å². The van der Waals surface area contributed by atoms with Crippen molar-refractivity contribution in [2.45, 2.75) is 39.0 Å². The summed E-state index contributed by atoms with van der Waals surface area (Å²) in [5.74, 6) is -0.458. The van der Waals surface area contributed by atoms with Crippen molar-refractivity contribution in [1.82, 2.24) is 0 Å². The summed E-state index contributed by atoms with van der Waals surface area (Å²) in [6.07, 6.45) is 7.18. The maximum atomic E-state index is 14.8. The fraction of sp³-hybridized carbons (Fsp3) is 0.300. The van der Waals surface area contributed by atoms with Crippen LogP contribution in [0.15, 0.2) is 48.0 Å². The zero-order valence-electron chi connectivity index (χ0n) is 12.8. The Morgan fingerprint density at radius 2 is 1.77 bits per heavy atom. The van der Waals surface area contributed by atoms with Crippen molar-refractivity contribution < 1.29 is 8.78 Å². The van der Waals surface area contributed by atoms with E-state index in [1.807, 2.05) is 12.1 Å². The lowest BCUT2D eigenvalue weighted by molar-refractivity contribution is 0.611. The molecule has 0 bridgehead atoms. The van der Waals surface area contributed by atoms with Crippen LogP contribution in [0, 0.1) is 11.6 Å². The lowest BCUT2D eigenvalue weighted by Crippen LogP contribution is -2.07. The summed E-state index contributed by atoms with van der Waals surface area (Å²) in [6.45, 7) is 2.19. The molecule has 0 N–H and O–H groups in total. The molecule has 0 fully saturated rings. The Labute approximate surface area is 130 Å². The van der Waals surface area contributed by atoms with Crippen LogP contribution in [0.4, 0.5) is 8.78 Å². The van der Waals surface area contributed by atoms with Gasteiger partial charge in [-0.1, -0.05) is 49.3 Å². The number of hydrogen-bond donors (Lipinski definition) is 0. The van der Waals surface area contributed by atoms with Gasteiger partial charge in [0.1, 0.15) is 11.6 Å². The Morgan fingerprint density at radius 3 is 2.50 bits per heavy atom. The second kappa shape index (κ2) is 6.43. The maximum Gasteiger partial charge on any atom is 0.134 e. The van der Waals surface area contributed by atoms with Gasteiger partial charge >= 0.3 is 0 Å². The summed E-state index contributed by atoms with van der Waals surface area (Å²) >= 11 is 0. The fourth-order valence-corrected chi connectivity index (χ4v) is 3.06. The molecule has 114 valence electrons. The third kappa shape index (κ3) is 2.96. The normalized spacial score (nSPS) is 13.7. The molecule has 0 aliphatic heterocycles. The number of hydrogen-bond acceptors (Lipinski definition) is 0. The first-order chi connectivity index (χ1) is 10.7. The van der Waals surface area contributed by atoms with Crippen molar-refractivity contribution in [3.63, 3.8) is 0 Å². The standard InChI is InChI=1S/C20H20F2/c1-2-3-4-14-5-11-19-16(13-14)8-12-18(20(19)22)15-6-9-17(21)10-7-15/h5-10,12H,2-4,11,13H2,1H3. The Morgan fingerprint density at radius 1 is 1.00 bits per heavy atom. The van der Waals surface area contributed by atoms with Crippen LogP contribution in [0.3, 0.4) is 0 Å². The zero-order chi connectivity index (χ0) is 15.5. The molecule has 0 amide bonds. The van der Waals surface area contributed by atoms with E-state index in [0.29, 0.717) is 12.0 Å². The van der Waals surface area contributed by atoms with Gasteiger partial charge in [0.05, 0.1) is 0 Å². The van der Waals surface area contributed by atoms with Gasteiger partial charge < -0.3 is 0 Å². The highest BCUT2D eigenvalue weighted by atomic mass is 19.1. The molecule has 0 saturated heterocycles. The molecule has 0 heterocycles. The van der Waals surface area contributed by atoms with E-state index < -0.39 is 0 Å². The zero-order valence-corrected chi connectivity index (χ0v) is 12.8. The van der Waals surface area contributed by atoms with Crippen LogP contribution in [0.1, 0.15) is 37.3 Å². The van der Waals surface area contributed by atoms with E-state index in [0.717, 1.165) is 29.5 Å². The molecule has 0 radical (unpaired) electrons. The molecule has 2 heteroatoms. The number of benzene rings is 2. The third-order valence-electron chi connectivity index (χ3n) is 4.36. The van der Waals surface area contributed by atoms with Crippen molar-refractivity contribution in [1.29, 1.82) is 0 Å². The van der Waals surface area contributed by atoms with Gasteiger partial charge in [0, 0.05) is 5.56 Å². The number of rotatable bonds is 4. The predicted octanol–water partition coefficient (Wildman–Crippen LogP) is 5.85. The molecular weight excluding hydrogens is 278 g/mol. The van der Waals surface area contributed by atoms with E-state index in [4.69, 9.17) is 0 Å². The highest BCUT2D eigenvalue weighted by Gasteiger charge is 2.18. The summed E-state index contributed by atoms with van der Waals surface area (Å²) < 4.78 is 27.8. The Kier molecular flexibility index (Phi) is 4.37. The van der Waals surface area contributed by atoms with Gasteiger partial charge in [-0.05, 0) is 54.5 Å². The molecule has 2 aromatic carbocycles. The minimum Gasteiger partial charge on any atom is -0.207 e. The second-order valence-corrected chi connectivity index (χ2v) is 5.92. The van der Waals surface area contributed by atoms with Gasteiger partial charge in [-0.25, -0.2) is 8.78 Å². The smallest absolute Gasteiger partial charge is 0.134 e. The van der Waals surface area contributed by atoms with Crippen molar-refractivity contribution >= 4 is 0 Å². The van der Waals surface area contributed by atoms with Gasteiger partial charge in [0.25, 0.3) is 0 Å². The molecule has 0 atom stereocenters. The first kappa shape index (κ1) is 15.0. The Bertz CT molecular complexity index is 696. The van der Waals surface area contributed by atoms with Crippen LogP contribution >= 0.6 is 0 Å². The van der Waals surface area contributed by atoms with Crippen molar-refractivity contribution in [2.24, 2.45) is 0 Å². The molecule has 1 aliphatic rings. The minimum absolute atomic E-state index is 0.158. The Hall–Kier alpha value is -1.96. The molecule has 1 aliphatic carbocycles. The van der Waals surface area contributed by atoms with Crippen LogP contribution in [-0.4, -0.2) is 0 Å². The molecule has 0 spiro atoms. The fourth-order valence-electron chi connectivity index (χ4n) is 3.06. The molecule has 0 saturated carbocycles. The van der Waals surface area contributed by atoms with E-state index in [1.165, 1.54) is 30.5 Å². The van der Waals surface area contributed by atoms with Crippen LogP contribution in [0.25, 0.3) is 11.1 Å². The molecule has 2 aromatic rings. The average Bonchev–Trinajstić information content (AvgIpc) is 2.54. The van der Waals surface area contributed by atoms with Crippen LogP contribution in [0.2, 0.25) is 0 Å². The molecule has 22 heavy (non-hydrogen) atoms. The van der Waals surface area contributed by atoms with E-state index in [2.05, 4.69) is 13.0 Å². The number of unbranched alkanes of at least 4 members (excludes halogenated alkanes) is 1. The quantitative estimate of drug-likeness (QED) is 0.621. The predicted molar refractivity (Wildman–Crippen MR) is 86.8 cm³/mol. The van der Waals surface area contributed by atoms with Crippen LogP contribution < -0.4 is 0 Å². The molecule has 0 unspecified atom stereocenters. The van der Waals surface area contributed by atoms with Gasteiger partial charge in [0.2, 0.25) is 0 Å². The van der Waals surface area contributed by atoms with E-state index in [-0.39, 0.29) is 11.6 Å². The molecule has 0 aromatic heterocycles. The van der Waals surface area contributed by atoms with Gasteiger partial charge in [-0.2, -0.15) is 0 Å². The monoisotopic (exact) mass is 298 g/mol. The number of allylic oxidation sites excluding steroid dienone is 2. The number of fused-ring (bicyclic) bond motifs is 1. The SMILES string of the molecule is CCCCC1=CCc2c(ccc(-c3ccc(F)cc3)c2F)C1. The van der Waals surface area contributed by atoms with Crippen molar-refractivity contribution in [3.8, 4) is 11.1 Å². The lowest BCUT2D eigenvalue weighted by Gasteiger charge is -2.19. The van der Waals surface area contributed by atoms with E-state index in [9.17, 15) is 8.78 Å². The summed E-state index contributed by atoms with van der Waals surface area (Å²) in [5.41, 5.74) is 4.59. The first-order valence-corrected chi connectivity index (χ1v) is 7.93. The topological polar surface area (TPSA) is 0 Å². The minimum atomic E-state index is -0.300. The largest absolute Gasteiger partial charge is 0.207 e. The van der Waals surface area contributed by atoms with Gasteiger partial charge in [0.15, 0.2) is 0 Å². The lowest BCUT2D eigenvalue weighted by atomic mass is 9.87.